The van der Waals surface area contributed by atoms with E-state index in [2.05, 4.69) is 51.8 Å². The lowest BCUT2D eigenvalue weighted by atomic mass is 10.0. The maximum Gasteiger partial charge on any atom is 0.241 e. The van der Waals surface area contributed by atoms with Gasteiger partial charge in [0.2, 0.25) is 5.91 Å². The zero-order chi connectivity index (χ0) is 19.5. The summed E-state index contributed by atoms with van der Waals surface area (Å²) in [5, 5.41) is 9.67. The van der Waals surface area contributed by atoms with Gasteiger partial charge in [0.05, 0.1) is 0 Å². The van der Waals surface area contributed by atoms with E-state index >= 15 is 0 Å². The van der Waals surface area contributed by atoms with E-state index in [0.717, 1.165) is 44.9 Å². The first-order valence-corrected chi connectivity index (χ1v) is 10.2. The molecule has 6 heteroatoms. The van der Waals surface area contributed by atoms with Gasteiger partial charge in [0.25, 0.3) is 0 Å². The molecule has 0 unspecified atom stereocenters. The van der Waals surface area contributed by atoms with Crippen molar-refractivity contribution in [3.8, 4) is 0 Å². The molecule has 0 spiro atoms. The molecule has 27 heavy (non-hydrogen) atoms. The Hall–Kier alpha value is -2.08. The molecule has 1 aromatic rings. The maximum absolute atomic E-state index is 12.1. The molecule has 1 aliphatic heterocycles. The largest absolute Gasteiger partial charge is 0.357 e. The van der Waals surface area contributed by atoms with Crippen molar-refractivity contribution in [2.24, 2.45) is 4.99 Å². The second-order valence-electron chi connectivity index (χ2n) is 7.33. The number of nitrogens with zero attached hydrogens (tertiary/aromatic N) is 2. The van der Waals surface area contributed by atoms with Gasteiger partial charge in [-0.05, 0) is 45.6 Å². The SMILES string of the molecule is CCNC(=NCC(=O)NCCc1ccccc1)NC1CCN(C(C)C)CC1. The van der Waals surface area contributed by atoms with Gasteiger partial charge in [-0.1, -0.05) is 30.3 Å². The highest BCUT2D eigenvalue weighted by molar-refractivity contribution is 5.85. The van der Waals surface area contributed by atoms with E-state index < -0.39 is 0 Å². The van der Waals surface area contributed by atoms with Crippen LogP contribution in [0.2, 0.25) is 0 Å². The standard InChI is InChI=1S/C21H35N5O/c1-4-22-21(25-19-11-14-26(15-12-19)17(2)3)24-16-20(27)23-13-10-18-8-6-5-7-9-18/h5-9,17,19H,4,10-16H2,1-3H3,(H,23,27)(H2,22,24,25). The van der Waals surface area contributed by atoms with Gasteiger partial charge in [-0.15, -0.1) is 0 Å². The fraction of sp³-hybridized carbons (Fsp3) is 0.619. The number of carbonyl (C=O) groups is 1. The van der Waals surface area contributed by atoms with Gasteiger partial charge in [0.1, 0.15) is 6.54 Å². The van der Waals surface area contributed by atoms with Gasteiger partial charge in [-0.2, -0.15) is 0 Å². The molecule has 1 fully saturated rings. The minimum Gasteiger partial charge on any atom is -0.357 e. The molecule has 2 rings (SSSR count). The Morgan fingerprint density at radius 1 is 1.19 bits per heavy atom. The lowest BCUT2D eigenvalue weighted by Crippen LogP contribution is -2.50. The minimum absolute atomic E-state index is 0.0437. The Morgan fingerprint density at radius 3 is 2.52 bits per heavy atom. The maximum atomic E-state index is 12.1. The Balaban J connectivity index is 1.73. The lowest BCUT2D eigenvalue weighted by molar-refractivity contribution is -0.119. The quantitative estimate of drug-likeness (QED) is 0.480. The van der Waals surface area contributed by atoms with Gasteiger partial charge in [0, 0.05) is 38.3 Å². The van der Waals surface area contributed by atoms with Crippen molar-refractivity contribution in [3.05, 3.63) is 35.9 Å². The molecule has 1 saturated heterocycles. The number of hydrogen-bond acceptors (Lipinski definition) is 3. The van der Waals surface area contributed by atoms with E-state index in [1.165, 1.54) is 5.56 Å². The van der Waals surface area contributed by atoms with Gasteiger partial charge in [0.15, 0.2) is 5.96 Å². The van der Waals surface area contributed by atoms with Crippen LogP contribution in [0.3, 0.4) is 0 Å². The van der Waals surface area contributed by atoms with Crippen LogP contribution >= 0.6 is 0 Å². The number of amides is 1. The lowest BCUT2D eigenvalue weighted by Gasteiger charge is -2.35. The number of piperidine rings is 1. The van der Waals surface area contributed by atoms with Gasteiger partial charge < -0.3 is 20.9 Å². The first-order valence-electron chi connectivity index (χ1n) is 10.2. The molecule has 0 radical (unpaired) electrons. The summed E-state index contributed by atoms with van der Waals surface area (Å²) >= 11 is 0. The number of carbonyl (C=O) groups excluding carboxylic acids is 1. The number of aliphatic imine (C=N–C) groups is 1. The zero-order valence-corrected chi connectivity index (χ0v) is 17.0. The molecule has 1 aromatic carbocycles. The van der Waals surface area contributed by atoms with Crippen molar-refractivity contribution >= 4 is 11.9 Å². The van der Waals surface area contributed by atoms with E-state index in [-0.39, 0.29) is 12.5 Å². The van der Waals surface area contributed by atoms with E-state index in [1.807, 2.05) is 25.1 Å². The number of benzene rings is 1. The van der Waals surface area contributed by atoms with Crippen LogP contribution in [-0.4, -0.2) is 61.6 Å². The normalized spacial score (nSPS) is 16.4. The number of likely N-dealkylation sites (tertiary alicyclic amines) is 1. The third-order valence-electron chi connectivity index (χ3n) is 4.90. The predicted octanol–water partition coefficient (Wildman–Crippen LogP) is 1.77. The molecule has 0 aromatic heterocycles. The number of guanidine groups is 1. The van der Waals surface area contributed by atoms with Crippen LogP contribution in [0.25, 0.3) is 0 Å². The van der Waals surface area contributed by atoms with Crippen molar-refractivity contribution in [3.63, 3.8) is 0 Å². The van der Waals surface area contributed by atoms with Crippen molar-refractivity contribution in [1.82, 2.24) is 20.9 Å². The molecule has 1 amide bonds. The molecule has 3 N–H and O–H groups in total. The summed E-state index contributed by atoms with van der Waals surface area (Å²) < 4.78 is 0. The first-order chi connectivity index (χ1) is 13.1. The summed E-state index contributed by atoms with van der Waals surface area (Å²) in [4.78, 5) is 19.0. The van der Waals surface area contributed by atoms with Crippen LogP contribution in [0.5, 0.6) is 0 Å². The van der Waals surface area contributed by atoms with Crippen molar-refractivity contribution in [2.45, 2.75) is 52.1 Å². The molecule has 150 valence electrons. The summed E-state index contributed by atoms with van der Waals surface area (Å²) in [5.74, 6) is 0.691. The van der Waals surface area contributed by atoms with Crippen LogP contribution in [0.4, 0.5) is 0 Å². The highest BCUT2D eigenvalue weighted by Crippen LogP contribution is 2.12. The van der Waals surface area contributed by atoms with E-state index in [9.17, 15) is 4.79 Å². The molecule has 1 aliphatic rings. The van der Waals surface area contributed by atoms with E-state index in [1.54, 1.807) is 0 Å². The fourth-order valence-electron chi connectivity index (χ4n) is 3.27. The second-order valence-corrected chi connectivity index (χ2v) is 7.33. The average Bonchev–Trinajstić information content (AvgIpc) is 2.67. The summed E-state index contributed by atoms with van der Waals surface area (Å²) in [6.07, 6.45) is 3.04. The third kappa shape index (κ3) is 7.99. The average molecular weight is 374 g/mol. The summed E-state index contributed by atoms with van der Waals surface area (Å²) in [5.41, 5.74) is 1.23. The van der Waals surface area contributed by atoms with Crippen LogP contribution < -0.4 is 16.0 Å². The first kappa shape index (κ1) is 21.2. The molecule has 6 nitrogen and oxygen atoms in total. The van der Waals surface area contributed by atoms with E-state index in [4.69, 9.17) is 0 Å². The second kappa shape index (κ2) is 11.6. The summed E-state index contributed by atoms with van der Waals surface area (Å²) in [7, 11) is 0. The van der Waals surface area contributed by atoms with Crippen molar-refractivity contribution in [2.75, 3.05) is 32.7 Å². The van der Waals surface area contributed by atoms with Crippen LogP contribution in [-0.2, 0) is 11.2 Å². The van der Waals surface area contributed by atoms with Crippen LogP contribution in [0.15, 0.2) is 35.3 Å². The van der Waals surface area contributed by atoms with Gasteiger partial charge >= 0.3 is 0 Å². The topological polar surface area (TPSA) is 68.8 Å². The molecule has 0 aliphatic carbocycles. The molecule has 0 bridgehead atoms. The van der Waals surface area contributed by atoms with Gasteiger partial charge in [-0.25, -0.2) is 4.99 Å². The predicted molar refractivity (Wildman–Crippen MR) is 112 cm³/mol. The Morgan fingerprint density at radius 2 is 1.89 bits per heavy atom. The van der Waals surface area contributed by atoms with Gasteiger partial charge in [-0.3, -0.25) is 4.79 Å². The fourth-order valence-corrected chi connectivity index (χ4v) is 3.27. The van der Waals surface area contributed by atoms with Crippen molar-refractivity contribution < 1.29 is 4.79 Å². The molecule has 1 heterocycles. The van der Waals surface area contributed by atoms with Crippen molar-refractivity contribution in [1.29, 1.82) is 0 Å². The molecular formula is C21H35N5O. The monoisotopic (exact) mass is 373 g/mol. The minimum atomic E-state index is -0.0437. The van der Waals surface area contributed by atoms with Crippen LogP contribution in [0, 0.1) is 0 Å². The Labute approximate surface area is 163 Å². The van der Waals surface area contributed by atoms with E-state index in [0.29, 0.717) is 18.6 Å². The Bertz CT molecular complexity index is 579. The summed E-state index contributed by atoms with van der Waals surface area (Å²) in [6, 6.07) is 11.2. The molecular weight excluding hydrogens is 338 g/mol. The number of hydrogen-bond donors (Lipinski definition) is 3. The molecule has 0 atom stereocenters. The molecule has 0 saturated carbocycles. The Kier molecular flexibility index (Phi) is 9.11. The number of nitrogens with one attached hydrogen (secondary N) is 3. The zero-order valence-electron chi connectivity index (χ0n) is 17.0. The smallest absolute Gasteiger partial charge is 0.241 e. The highest BCUT2D eigenvalue weighted by atomic mass is 16.1. The highest BCUT2D eigenvalue weighted by Gasteiger charge is 2.21. The number of rotatable bonds is 8. The third-order valence-corrected chi connectivity index (χ3v) is 4.90. The van der Waals surface area contributed by atoms with Crippen LogP contribution in [0.1, 0.15) is 39.2 Å². The summed E-state index contributed by atoms with van der Waals surface area (Å²) in [6.45, 7) is 10.3.